The first-order chi connectivity index (χ1) is 3.43. The van der Waals surface area contributed by atoms with Crippen LogP contribution in [0.15, 0.2) is 0 Å². The molecule has 0 amide bonds. The second-order valence-corrected chi connectivity index (χ2v) is 1.43. The Labute approximate surface area is 43.1 Å². The molecule has 0 spiro atoms. The Morgan fingerprint density at radius 2 is 2.57 bits per heavy atom. The van der Waals surface area contributed by atoms with E-state index < -0.39 is 0 Å². The quantitative estimate of drug-likeness (QED) is 0.390. The second kappa shape index (κ2) is 1.85. The fourth-order valence-electron chi connectivity index (χ4n) is 0.516. The minimum atomic E-state index is 0.608. The van der Waals surface area contributed by atoms with E-state index in [1.807, 2.05) is 0 Å². The van der Waals surface area contributed by atoms with E-state index in [9.17, 15) is 0 Å². The third kappa shape index (κ3) is 0.847. The molecular weight excluding hydrogens is 90.1 g/mol. The van der Waals surface area contributed by atoms with Crippen LogP contribution in [0.3, 0.4) is 0 Å². The summed E-state index contributed by atoms with van der Waals surface area (Å²) in [6.07, 6.45) is 5.03. The van der Waals surface area contributed by atoms with Crippen molar-refractivity contribution in [3.63, 3.8) is 0 Å². The van der Waals surface area contributed by atoms with Gasteiger partial charge in [-0.2, -0.15) is 0 Å². The van der Waals surface area contributed by atoms with E-state index in [0.717, 1.165) is 13.2 Å². The van der Waals surface area contributed by atoms with Crippen LogP contribution < -0.4 is 0 Å². The number of hydrogen-bond acceptors (Lipinski definition) is 2. The molecule has 0 aliphatic carbocycles. The van der Waals surface area contributed by atoms with Gasteiger partial charge in [-0.3, -0.25) is 0 Å². The highest BCUT2D eigenvalue weighted by atomic mass is 16.5. The Kier molecular flexibility index (Phi) is 1.19. The fourth-order valence-corrected chi connectivity index (χ4v) is 0.516. The van der Waals surface area contributed by atoms with Gasteiger partial charge in [0.05, 0.1) is 13.2 Å². The number of hydrogen-bond donors (Lipinski definition) is 0. The third-order valence-electron chi connectivity index (χ3n) is 0.935. The first kappa shape index (κ1) is 4.48. The molecule has 0 radical (unpaired) electrons. The zero-order valence-electron chi connectivity index (χ0n) is 4.05. The Hall–Kier alpha value is -0.680. The third-order valence-corrected chi connectivity index (χ3v) is 0.935. The molecule has 0 atom stereocenters. The molecule has 1 heterocycles. The molecule has 2 nitrogen and oxygen atoms in total. The van der Waals surface area contributed by atoms with Gasteiger partial charge in [-0.1, -0.05) is 6.42 Å². The van der Waals surface area contributed by atoms with Crippen LogP contribution in [-0.4, -0.2) is 24.8 Å². The highest BCUT2D eigenvalue weighted by molar-refractivity contribution is 4.84. The zero-order valence-corrected chi connectivity index (χ0v) is 4.05. The van der Waals surface area contributed by atoms with E-state index in [4.69, 9.17) is 11.2 Å². The lowest BCUT2D eigenvalue weighted by molar-refractivity contribution is 0.165. The predicted molar refractivity (Wildman–Crippen MR) is 26.4 cm³/mol. The summed E-state index contributed by atoms with van der Waals surface area (Å²) in [6.45, 7) is 2.28. The second-order valence-electron chi connectivity index (χ2n) is 1.43. The summed E-state index contributed by atoms with van der Waals surface area (Å²) in [4.78, 5) is 1.79. The maximum Gasteiger partial charge on any atom is 0.126 e. The number of terminal acetylenes is 1. The van der Waals surface area contributed by atoms with Gasteiger partial charge in [0.2, 0.25) is 0 Å². The molecule has 0 bridgehead atoms. The lowest BCUT2D eigenvalue weighted by Gasteiger charge is -2.00. The molecule has 0 aromatic heterocycles. The lowest BCUT2D eigenvalue weighted by Crippen LogP contribution is -2.11. The molecule has 7 heavy (non-hydrogen) atoms. The Morgan fingerprint density at radius 3 is 2.86 bits per heavy atom. The number of ether oxygens (including phenoxy) is 1. The van der Waals surface area contributed by atoms with Gasteiger partial charge in [-0.25, -0.2) is 0 Å². The summed E-state index contributed by atoms with van der Waals surface area (Å²) in [7, 11) is 0. The fraction of sp³-hybridized carbons (Fsp3) is 0.600. The molecule has 1 saturated heterocycles. The summed E-state index contributed by atoms with van der Waals surface area (Å²) in [5.74, 6) is 0. The highest BCUT2D eigenvalue weighted by Gasteiger charge is 2.05. The Bertz CT molecular complexity index is 88.7. The maximum absolute atomic E-state index is 5.03. The highest BCUT2D eigenvalue weighted by Crippen LogP contribution is 1.93. The van der Waals surface area contributed by atoms with Crippen molar-refractivity contribution in [1.29, 1.82) is 0 Å². The van der Waals surface area contributed by atoms with Crippen LogP contribution in [-0.2, 0) is 4.74 Å². The van der Waals surface area contributed by atoms with Crippen LogP contribution >= 0.6 is 0 Å². The predicted octanol–water partition coefficient (Wildman–Crippen LogP) is -0.133. The summed E-state index contributed by atoms with van der Waals surface area (Å²) in [5, 5.41) is 0. The molecule has 1 rings (SSSR count). The van der Waals surface area contributed by atoms with Crippen molar-refractivity contribution in [2.75, 3.05) is 19.9 Å². The Balaban J connectivity index is 2.31. The number of rotatable bonds is 0. The maximum atomic E-state index is 5.03. The lowest BCUT2D eigenvalue weighted by atomic mass is 10.7. The molecule has 2 heteroatoms. The van der Waals surface area contributed by atoms with Gasteiger partial charge in [0.15, 0.2) is 0 Å². The minimum absolute atomic E-state index is 0.608. The van der Waals surface area contributed by atoms with Crippen LogP contribution in [0, 0.1) is 12.5 Å². The van der Waals surface area contributed by atoms with E-state index in [0.29, 0.717) is 6.73 Å². The van der Waals surface area contributed by atoms with Crippen LogP contribution in [0.4, 0.5) is 0 Å². The minimum Gasteiger partial charge on any atom is -0.359 e. The first-order valence-electron chi connectivity index (χ1n) is 2.22. The molecule has 0 N–H and O–H groups in total. The summed E-state index contributed by atoms with van der Waals surface area (Å²) < 4.78 is 4.93. The van der Waals surface area contributed by atoms with E-state index in [1.165, 1.54) is 0 Å². The van der Waals surface area contributed by atoms with Crippen LogP contribution in [0.5, 0.6) is 0 Å². The standard InChI is InChI=1S/C5H7NO/c1-2-6-3-4-7-5-6/h1H,3-5H2. The van der Waals surface area contributed by atoms with Crippen molar-refractivity contribution in [2.24, 2.45) is 0 Å². The summed E-state index contributed by atoms with van der Waals surface area (Å²) >= 11 is 0. The molecule has 0 aromatic carbocycles. The molecule has 0 aromatic rings. The largest absolute Gasteiger partial charge is 0.359 e. The molecule has 38 valence electrons. The smallest absolute Gasteiger partial charge is 0.126 e. The van der Waals surface area contributed by atoms with Crippen molar-refractivity contribution >= 4 is 0 Å². The molecular formula is C5H7NO. The molecule has 0 unspecified atom stereocenters. The first-order valence-corrected chi connectivity index (χ1v) is 2.22. The molecule has 1 aliphatic heterocycles. The normalized spacial score (nSPS) is 19.6. The van der Waals surface area contributed by atoms with Crippen molar-refractivity contribution in [3.05, 3.63) is 0 Å². The number of nitrogens with zero attached hydrogens (tertiary/aromatic N) is 1. The average molecular weight is 97.1 g/mol. The van der Waals surface area contributed by atoms with E-state index in [1.54, 1.807) is 4.90 Å². The molecule has 1 aliphatic rings. The topological polar surface area (TPSA) is 12.5 Å². The van der Waals surface area contributed by atoms with Crippen LogP contribution in [0.25, 0.3) is 0 Å². The zero-order chi connectivity index (χ0) is 5.11. The van der Waals surface area contributed by atoms with Gasteiger partial charge in [0.1, 0.15) is 6.73 Å². The van der Waals surface area contributed by atoms with Crippen LogP contribution in [0.1, 0.15) is 0 Å². The van der Waals surface area contributed by atoms with Gasteiger partial charge in [-0.05, 0) is 0 Å². The Morgan fingerprint density at radius 1 is 1.71 bits per heavy atom. The summed E-state index contributed by atoms with van der Waals surface area (Å²) in [6, 6.07) is 2.47. The molecule has 1 fully saturated rings. The monoisotopic (exact) mass is 97.1 g/mol. The van der Waals surface area contributed by atoms with E-state index in [-0.39, 0.29) is 0 Å². The van der Waals surface area contributed by atoms with Crippen molar-refractivity contribution < 1.29 is 4.74 Å². The van der Waals surface area contributed by atoms with Gasteiger partial charge < -0.3 is 9.64 Å². The van der Waals surface area contributed by atoms with Crippen LogP contribution in [0.2, 0.25) is 0 Å². The van der Waals surface area contributed by atoms with Crippen molar-refractivity contribution in [1.82, 2.24) is 4.90 Å². The summed E-state index contributed by atoms with van der Waals surface area (Å²) in [5.41, 5.74) is 0. The average Bonchev–Trinajstić information content (AvgIpc) is 2.14. The van der Waals surface area contributed by atoms with Gasteiger partial charge in [-0.15, -0.1) is 0 Å². The molecule has 0 saturated carbocycles. The van der Waals surface area contributed by atoms with Gasteiger partial charge >= 0.3 is 0 Å². The van der Waals surface area contributed by atoms with Gasteiger partial charge in [0.25, 0.3) is 0 Å². The SMILES string of the molecule is C#CN1CCOC1. The van der Waals surface area contributed by atoms with E-state index >= 15 is 0 Å². The van der Waals surface area contributed by atoms with Gasteiger partial charge in [0, 0.05) is 6.04 Å². The van der Waals surface area contributed by atoms with Crippen molar-refractivity contribution in [3.8, 4) is 12.5 Å². The van der Waals surface area contributed by atoms with Crippen molar-refractivity contribution in [2.45, 2.75) is 0 Å². The van der Waals surface area contributed by atoms with E-state index in [2.05, 4.69) is 6.04 Å².